The van der Waals surface area contributed by atoms with Crippen LogP contribution in [0.4, 0.5) is 0 Å². The number of fused-ring (bicyclic) bond motifs is 2. The molecule has 1 heterocycles. The van der Waals surface area contributed by atoms with Crippen LogP contribution in [0.2, 0.25) is 5.02 Å². The molecule has 0 aliphatic heterocycles. The second-order valence-electron chi connectivity index (χ2n) is 5.33. The second-order valence-corrected chi connectivity index (χ2v) is 5.71. The number of carbonyl (C=O) groups excluding carboxylic acids is 1. The number of benzene rings is 2. The maximum Gasteiger partial charge on any atom is 0.342 e. The van der Waals surface area contributed by atoms with Crippen molar-refractivity contribution in [3.63, 3.8) is 0 Å². The molecule has 0 unspecified atom stereocenters. The molecule has 3 rings (SSSR count). The summed E-state index contributed by atoms with van der Waals surface area (Å²) in [7, 11) is 2.35. The molecule has 0 spiro atoms. The highest BCUT2D eigenvalue weighted by Gasteiger charge is 2.27. The summed E-state index contributed by atoms with van der Waals surface area (Å²) in [5.41, 5.74) is -0.638. The van der Waals surface area contributed by atoms with E-state index in [9.17, 15) is 19.8 Å². The van der Waals surface area contributed by atoms with Gasteiger partial charge in [-0.2, -0.15) is 0 Å². The third-order valence-corrected chi connectivity index (χ3v) is 4.34. The molecule has 7 nitrogen and oxygen atoms in total. The SMILES string of the molecule is COC(=O)c1c(OC)c(O)cc2oc3c(Cl)c(C)cc(O)c3c(=O)c12. The average Bonchev–Trinajstić information content (AvgIpc) is 2.57. The Kier molecular flexibility index (Phi) is 3.96. The van der Waals surface area contributed by atoms with Gasteiger partial charge in [0.15, 0.2) is 17.1 Å². The van der Waals surface area contributed by atoms with Crippen molar-refractivity contribution in [3.8, 4) is 17.2 Å². The smallest absolute Gasteiger partial charge is 0.342 e. The molecule has 1 aromatic heterocycles. The van der Waals surface area contributed by atoms with Crippen LogP contribution in [0.25, 0.3) is 21.9 Å². The molecule has 25 heavy (non-hydrogen) atoms. The minimum absolute atomic E-state index is 0.0444. The van der Waals surface area contributed by atoms with E-state index in [0.717, 1.165) is 13.2 Å². The summed E-state index contributed by atoms with van der Waals surface area (Å²) in [5.74, 6) is -1.88. The fourth-order valence-electron chi connectivity index (χ4n) is 2.73. The molecule has 0 saturated carbocycles. The molecule has 0 saturated heterocycles. The summed E-state index contributed by atoms with van der Waals surface area (Å²) in [6.07, 6.45) is 0. The average molecular weight is 365 g/mol. The first-order valence-corrected chi connectivity index (χ1v) is 7.46. The van der Waals surface area contributed by atoms with Crippen LogP contribution in [0.15, 0.2) is 21.3 Å². The summed E-state index contributed by atoms with van der Waals surface area (Å²) in [6.45, 7) is 1.64. The highest BCUT2D eigenvalue weighted by Crippen LogP contribution is 2.39. The lowest BCUT2D eigenvalue weighted by molar-refractivity contribution is 0.0598. The molecule has 0 bridgehead atoms. The van der Waals surface area contributed by atoms with Gasteiger partial charge < -0.3 is 24.1 Å². The normalized spacial score (nSPS) is 11.0. The summed E-state index contributed by atoms with van der Waals surface area (Å²) in [6, 6.07) is 2.46. The van der Waals surface area contributed by atoms with Crippen molar-refractivity contribution < 1.29 is 28.9 Å². The molecule has 0 fully saturated rings. The van der Waals surface area contributed by atoms with Gasteiger partial charge in [0.05, 0.1) is 24.6 Å². The quantitative estimate of drug-likeness (QED) is 0.531. The molecule has 0 atom stereocenters. The first-order chi connectivity index (χ1) is 11.8. The van der Waals surface area contributed by atoms with E-state index in [4.69, 9.17) is 20.8 Å². The highest BCUT2D eigenvalue weighted by atomic mass is 35.5. The van der Waals surface area contributed by atoms with Crippen LogP contribution in [0, 0.1) is 6.92 Å². The van der Waals surface area contributed by atoms with Gasteiger partial charge in [0, 0.05) is 6.07 Å². The monoisotopic (exact) mass is 364 g/mol. The molecule has 8 heteroatoms. The minimum atomic E-state index is -0.901. The number of methoxy groups -OCH3 is 2. The largest absolute Gasteiger partial charge is 0.507 e. The highest BCUT2D eigenvalue weighted by molar-refractivity contribution is 6.36. The Bertz CT molecular complexity index is 1100. The number of phenolic OH excluding ortho intramolecular Hbond substituents is 2. The lowest BCUT2D eigenvalue weighted by Crippen LogP contribution is -2.12. The molecule has 130 valence electrons. The molecule has 0 radical (unpaired) electrons. The van der Waals surface area contributed by atoms with E-state index in [1.807, 2.05) is 0 Å². The maximum absolute atomic E-state index is 13.0. The predicted octanol–water partition coefficient (Wildman–Crippen LogP) is 3.11. The predicted molar refractivity (Wildman–Crippen MR) is 91.0 cm³/mol. The van der Waals surface area contributed by atoms with Gasteiger partial charge in [-0.15, -0.1) is 0 Å². The van der Waals surface area contributed by atoms with E-state index < -0.39 is 17.1 Å². The molecular formula is C17H13ClO7. The van der Waals surface area contributed by atoms with E-state index in [1.54, 1.807) is 6.92 Å². The van der Waals surface area contributed by atoms with Gasteiger partial charge in [-0.05, 0) is 18.6 Å². The summed E-state index contributed by atoms with van der Waals surface area (Å²) in [4.78, 5) is 25.1. The number of aryl methyl sites for hydroxylation is 1. The molecule has 0 aliphatic rings. The van der Waals surface area contributed by atoms with Crippen LogP contribution >= 0.6 is 11.6 Å². The third-order valence-electron chi connectivity index (χ3n) is 3.87. The van der Waals surface area contributed by atoms with Crippen molar-refractivity contribution in [1.82, 2.24) is 0 Å². The first-order valence-electron chi connectivity index (χ1n) is 7.08. The van der Waals surface area contributed by atoms with E-state index in [0.29, 0.717) is 5.56 Å². The van der Waals surface area contributed by atoms with Gasteiger partial charge in [-0.1, -0.05) is 11.6 Å². The Morgan fingerprint density at radius 2 is 1.84 bits per heavy atom. The number of esters is 1. The Balaban J connectivity index is 2.66. The van der Waals surface area contributed by atoms with Crippen LogP contribution in [-0.4, -0.2) is 30.4 Å². The lowest BCUT2D eigenvalue weighted by Gasteiger charge is -2.13. The number of halogens is 1. The van der Waals surface area contributed by atoms with E-state index in [1.165, 1.54) is 13.2 Å². The molecule has 0 amide bonds. The number of rotatable bonds is 2. The Morgan fingerprint density at radius 3 is 2.44 bits per heavy atom. The van der Waals surface area contributed by atoms with Crippen molar-refractivity contribution in [1.29, 1.82) is 0 Å². The number of hydrogen-bond donors (Lipinski definition) is 2. The summed E-state index contributed by atoms with van der Waals surface area (Å²) < 4.78 is 15.3. The summed E-state index contributed by atoms with van der Waals surface area (Å²) in [5, 5.41) is 20.0. The summed E-state index contributed by atoms with van der Waals surface area (Å²) >= 11 is 6.18. The van der Waals surface area contributed by atoms with Crippen molar-refractivity contribution >= 4 is 39.5 Å². The Morgan fingerprint density at radius 1 is 1.16 bits per heavy atom. The van der Waals surface area contributed by atoms with Gasteiger partial charge in [0.2, 0.25) is 5.43 Å². The van der Waals surface area contributed by atoms with Crippen LogP contribution < -0.4 is 10.2 Å². The zero-order valence-corrected chi connectivity index (χ0v) is 14.2. The van der Waals surface area contributed by atoms with Gasteiger partial charge >= 0.3 is 5.97 Å². The lowest BCUT2D eigenvalue weighted by atomic mass is 10.0. The standard InChI is InChI=1S/C17H13ClO7/c1-6-4-7(19)10-14(21)11-9(25-16(10)13(6)18)5-8(20)15(23-2)12(11)17(22)24-3/h4-5,19-20H,1-3H3. The molecule has 0 aliphatic carbocycles. The molecule has 3 aromatic rings. The molecule has 2 N–H and O–H groups in total. The topological polar surface area (TPSA) is 106 Å². The van der Waals surface area contributed by atoms with Crippen molar-refractivity contribution in [2.75, 3.05) is 14.2 Å². The van der Waals surface area contributed by atoms with Gasteiger partial charge in [0.25, 0.3) is 0 Å². The number of ether oxygens (including phenoxy) is 2. The Labute approximate surface area is 146 Å². The number of carbonyl (C=O) groups is 1. The van der Waals surface area contributed by atoms with E-state index >= 15 is 0 Å². The van der Waals surface area contributed by atoms with Crippen LogP contribution in [0.1, 0.15) is 15.9 Å². The first kappa shape index (κ1) is 16.9. The fraction of sp³-hybridized carbons (Fsp3) is 0.176. The van der Waals surface area contributed by atoms with E-state index in [2.05, 4.69) is 4.74 Å². The molecular weight excluding hydrogens is 352 g/mol. The number of aromatic hydroxyl groups is 2. The number of hydrogen-bond acceptors (Lipinski definition) is 7. The van der Waals surface area contributed by atoms with Gasteiger partial charge in [-0.25, -0.2) is 4.79 Å². The van der Waals surface area contributed by atoms with Crippen molar-refractivity contribution in [2.45, 2.75) is 6.92 Å². The second kappa shape index (κ2) is 5.86. The fourth-order valence-corrected chi connectivity index (χ4v) is 2.92. The van der Waals surface area contributed by atoms with Crippen LogP contribution in [-0.2, 0) is 4.74 Å². The van der Waals surface area contributed by atoms with Crippen molar-refractivity contribution in [3.05, 3.63) is 38.5 Å². The van der Waals surface area contributed by atoms with Gasteiger partial charge in [0.1, 0.15) is 22.3 Å². The third kappa shape index (κ3) is 2.35. The zero-order chi connectivity index (χ0) is 18.5. The van der Waals surface area contributed by atoms with Crippen LogP contribution in [0.3, 0.4) is 0 Å². The molecule has 2 aromatic carbocycles. The number of phenols is 2. The van der Waals surface area contributed by atoms with Crippen molar-refractivity contribution in [2.24, 2.45) is 0 Å². The maximum atomic E-state index is 13.0. The minimum Gasteiger partial charge on any atom is -0.507 e. The van der Waals surface area contributed by atoms with Gasteiger partial charge in [-0.3, -0.25) is 4.79 Å². The van der Waals surface area contributed by atoms with Crippen LogP contribution in [0.5, 0.6) is 17.2 Å². The van der Waals surface area contributed by atoms with E-state index in [-0.39, 0.29) is 44.0 Å². The zero-order valence-electron chi connectivity index (χ0n) is 13.5. The Hall–Kier alpha value is -2.93.